The molecule has 2 N–H and O–H groups in total. The van der Waals surface area contributed by atoms with Crippen LogP contribution in [0.25, 0.3) is 5.57 Å². The van der Waals surface area contributed by atoms with Gasteiger partial charge < -0.3 is 20.3 Å². The molecule has 0 aliphatic carbocycles. The summed E-state index contributed by atoms with van der Waals surface area (Å²) in [5, 5.41) is 5.90. The maximum Gasteiger partial charge on any atom is 0.319 e. The maximum absolute atomic E-state index is 12.7. The van der Waals surface area contributed by atoms with Crippen molar-refractivity contribution in [1.29, 1.82) is 0 Å². The summed E-state index contributed by atoms with van der Waals surface area (Å²) in [4.78, 5) is 26.9. The number of hydrogen-bond acceptors (Lipinski definition) is 3. The van der Waals surface area contributed by atoms with E-state index in [0.29, 0.717) is 18.0 Å². The highest BCUT2D eigenvalue weighted by Crippen LogP contribution is 2.36. The van der Waals surface area contributed by atoms with Gasteiger partial charge in [-0.25, -0.2) is 4.79 Å². The van der Waals surface area contributed by atoms with Crippen molar-refractivity contribution in [1.82, 2.24) is 5.32 Å². The number of carbonyl (C=O) groups excluding carboxylic acids is 2. The van der Waals surface area contributed by atoms with Crippen LogP contribution in [0.3, 0.4) is 0 Å². The summed E-state index contributed by atoms with van der Waals surface area (Å²) in [5.74, 6) is 0.540. The van der Waals surface area contributed by atoms with Crippen molar-refractivity contribution < 1.29 is 14.3 Å². The van der Waals surface area contributed by atoms with Gasteiger partial charge in [-0.3, -0.25) is 4.79 Å². The van der Waals surface area contributed by atoms with Gasteiger partial charge in [0.25, 0.3) is 5.91 Å². The second-order valence-corrected chi connectivity index (χ2v) is 8.50. The van der Waals surface area contributed by atoms with E-state index in [1.54, 1.807) is 24.0 Å². The second kappa shape index (κ2) is 8.84. The van der Waals surface area contributed by atoms with Gasteiger partial charge in [-0.2, -0.15) is 0 Å². The Balaban J connectivity index is 1.75. The molecule has 3 amide bonds. The predicted molar refractivity (Wildman–Crippen MR) is 126 cm³/mol. The van der Waals surface area contributed by atoms with Crippen LogP contribution in [-0.4, -0.2) is 24.6 Å². The molecule has 0 saturated heterocycles. The molecule has 0 radical (unpaired) electrons. The number of rotatable bonds is 6. The number of anilines is 2. The lowest BCUT2D eigenvalue weighted by atomic mass is 9.92. The molecule has 0 spiro atoms. The Morgan fingerprint density at radius 2 is 1.97 bits per heavy atom. The molecule has 1 heterocycles. The first-order valence-corrected chi connectivity index (χ1v) is 10.6. The van der Waals surface area contributed by atoms with Crippen LogP contribution in [0.5, 0.6) is 5.75 Å². The zero-order valence-corrected chi connectivity index (χ0v) is 18.9. The monoisotopic (exact) mass is 421 g/mol. The zero-order chi connectivity index (χ0) is 22.8. The minimum absolute atomic E-state index is 0.0495. The SMILES string of the molecule is C=C(C)c1cccc(C(C)(C)NC(=O)Nc2ccc3c(c2)OC(C)C(=O)N3CCC)c1. The van der Waals surface area contributed by atoms with Crippen molar-refractivity contribution in [3.05, 3.63) is 60.2 Å². The van der Waals surface area contributed by atoms with Crippen LogP contribution in [0, 0.1) is 0 Å². The van der Waals surface area contributed by atoms with Crippen LogP contribution in [0.2, 0.25) is 0 Å². The van der Waals surface area contributed by atoms with E-state index < -0.39 is 11.6 Å². The van der Waals surface area contributed by atoms with Crippen molar-refractivity contribution in [2.45, 2.75) is 52.7 Å². The number of ether oxygens (including phenoxy) is 1. The van der Waals surface area contributed by atoms with E-state index in [1.165, 1.54) is 0 Å². The fourth-order valence-corrected chi connectivity index (χ4v) is 3.63. The molecule has 6 nitrogen and oxygen atoms in total. The van der Waals surface area contributed by atoms with Crippen LogP contribution >= 0.6 is 0 Å². The number of urea groups is 1. The molecule has 1 aliphatic heterocycles. The highest BCUT2D eigenvalue weighted by molar-refractivity contribution is 6.00. The van der Waals surface area contributed by atoms with E-state index in [1.807, 2.05) is 58.0 Å². The minimum atomic E-state index is -0.584. The first-order chi connectivity index (χ1) is 14.6. The van der Waals surface area contributed by atoms with Crippen molar-refractivity contribution in [3.63, 3.8) is 0 Å². The Hall–Kier alpha value is -3.28. The average molecular weight is 422 g/mol. The molecule has 0 saturated carbocycles. The minimum Gasteiger partial charge on any atom is -0.479 e. The molecule has 0 aromatic heterocycles. The highest BCUT2D eigenvalue weighted by atomic mass is 16.5. The number of allylic oxidation sites excluding steroid dienone is 1. The normalized spacial score (nSPS) is 15.7. The molecule has 1 unspecified atom stereocenters. The van der Waals surface area contributed by atoms with Gasteiger partial charge in [-0.15, -0.1) is 0 Å². The molecule has 2 aromatic carbocycles. The van der Waals surface area contributed by atoms with E-state index in [2.05, 4.69) is 17.2 Å². The number of benzene rings is 2. The summed E-state index contributed by atoms with van der Waals surface area (Å²) in [6.45, 7) is 14.3. The molecule has 0 fully saturated rings. The van der Waals surface area contributed by atoms with Gasteiger partial charge in [0.2, 0.25) is 0 Å². The van der Waals surface area contributed by atoms with Gasteiger partial charge in [0.1, 0.15) is 5.75 Å². The fourth-order valence-electron chi connectivity index (χ4n) is 3.63. The maximum atomic E-state index is 12.7. The van der Waals surface area contributed by atoms with Crippen molar-refractivity contribution in [2.24, 2.45) is 0 Å². The number of nitrogens with zero attached hydrogens (tertiary/aromatic N) is 1. The third kappa shape index (κ3) is 4.90. The van der Waals surface area contributed by atoms with E-state index in [9.17, 15) is 9.59 Å². The Labute approximate surface area is 184 Å². The summed E-state index contributed by atoms with van der Waals surface area (Å²) < 4.78 is 5.78. The Kier molecular flexibility index (Phi) is 6.39. The lowest BCUT2D eigenvalue weighted by Gasteiger charge is -2.33. The molecule has 2 aromatic rings. The Bertz CT molecular complexity index is 1010. The number of nitrogens with one attached hydrogen (secondary N) is 2. The standard InChI is InChI=1S/C25H31N3O3/c1-7-13-28-21-12-11-20(15-22(21)31-17(4)23(28)29)26-24(30)27-25(5,6)19-10-8-9-18(14-19)16(2)3/h8-12,14-15,17H,2,7,13H2,1,3-6H3,(H2,26,27,30). The molecule has 1 atom stereocenters. The van der Waals surface area contributed by atoms with Gasteiger partial charge in [-0.05, 0) is 63.4 Å². The number of carbonyl (C=O) groups is 2. The molecule has 6 heteroatoms. The Morgan fingerprint density at radius 1 is 1.23 bits per heavy atom. The van der Waals surface area contributed by atoms with Crippen LogP contribution in [0.1, 0.15) is 52.2 Å². The molecule has 31 heavy (non-hydrogen) atoms. The van der Waals surface area contributed by atoms with E-state index >= 15 is 0 Å². The van der Waals surface area contributed by atoms with Gasteiger partial charge in [0, 0.05) is 18.3 Å². The summed E-state index contributed by atoms with van der Waals surface area (Å²) in [5.41, 5.74) is 3.74. The first-order valence-electron chi connectivity index (χ1n) is 10.6. The Morgan fingerprint density at radius 3 is 2.65 bits per heavy atom. The van der Waals surface area contributed by atoms with Gasteiger partial charge in [-0.1, -0.05) is 37.3 Å². The highest BCUT2D eigenvalue weighted by Gasteiger charge is 2.31. The van der Waals surface area contributed by atoms with Crippen molar-refractivity contribution >= 4 is 28.9 Å². The third-order valence-corrected chi connectivity index (χ3v) is 5.38. The molecular weight excluding hydrogens is 390 g/mol. The van der Waals surface area contributed by atoms with Crippen LogP contribution < -0.4 is 20.3 Å². The molecule has 164 valence electrons. The van der Waals surface area contributed by atoms with Gasteiger partial charge >= 0.3 is 6.03 Å². The van der Waals surface area contributed by atoms with Crippen LogP contribution in [-0.2, 0) is 10.3 Å². The number of fused-ring (bicyclic) bond motifs is 1. The van der Waals surface area contributed by atoms with Gasteiger partial charge in [0.05, 0.1) is 11.2 Å². The average Bonchev–Trinajstić information content (AvgIpc) is 2.71. The third-order valence-electron chi connectivity index (χ3n) is 5.38. The summed E-state index contributed by atoms with van der Waals surface area (Å²) in [7, 11) is 0. The summed E-state index contributed by atoms with van der Waals surface area (Å²) >= 11 is 0. The number of hydrogen-bond donors (Lipinski definition) is 2. The molecule has 1 aliphatic rings. The zero-order valence-electron chi connectivity index (χ0n) is 18.9. The smallest absolute Gasteiger partial charge is 0.319 e. The fraction of sp³-hybridized carbons (Fsp3) is 0.360. The van der Waals surface area contributed by atoms with E-state index in [-0.39, 0.29) is 11.9 Å². The molecular formula is C25H31N3O3. The van der Waals surface area contributed by atoms with Crippen molar-refractivity contribution in [3.8, 4) is 5.75 Å². The molecule has 0 bridgehead atoms. The lowest BCUT2D eigenvalue weighted by molar-refractivity contribution is -0.125. The van der Waals surface area contributed by atoms with E-state index in [0.717, 1.165) is 28.8 Å². The van der Waals surface area contributed by atoms with Crippen molar-refractivity contribution in [2.75, 3.05) is 16.8 Å². The largest absolute Gasteiger partial charge is 0.479 e. The first kappa shape index (κ1) is 22.4. The summed E-state index contributed by atoms with van der Waals surface area (Å²) in [6, 6.07) is 13.0. The molecule has 3 rings (SSSR count). The lowest BCUT2D eigenvalue weighted by Crippen LogP contribution is -2.45. The van der Waals surface area contributed by atoms with Gasteiger partial charge in [0.15, 0.2) is 6.10 Å². The topological polar surface area (TPSA) is 70.7 Å². The summed E-state index contributed by atoms with van der Waals surface area (Å²) in [6.07, 6.45) is 0.296. The quantitative estimate of drug-likeness (QED) is 0.665. The van der Waals surface area contributed by atoms with Crippen LogP contribution in [0.15, 0.2) is 49.0 Å². The number of amides is 3. The van der Waals surface area contributed by atoms with Crippen LogP contribution in [0.4, 0.5) is 16.2 Å². The van der Waals surface area contributed by atoms with E-state index in [4.69, 9.17) is 4.74 Å². The predicted octanol–water partition coefficient (Wildman–Crippen LogP) is 5.30. The second-order valence-electron chi connectivity index (χ2n) is 8.50.